The monoisotopic (exact) mass is 232 g/mol. The van der Waals surface area contributed by atoms with Gasteiger partial charge in [-0.1, -0.05) is 11.6 Å². The highest BCUT2D eigenvalue weighted by atomic mass is 127. The van der Waals surface area contributed by atoms with E-state index < -0.39 is 5.97 Å². The number of rotatable bonds is 1. The van der Waals surface area contributed by atoms with Crippen molar-refractivity contribution in [1.82, 2.24) is 0 Å². The molecule has 0 unspecified atom stereocenters. The van der Waals surface area contributed by atoms with Gasteiger partial charge in [0.1, 0.15) is 3.58 Å². The lowest BCUT2D eigenvalue weighted by atomic mass is 10.7. The molecular weight excluding hydrogens is 230 g/mol. The maximum Gasteiger partial charge on any atom is 0.342 e. The lowest BCUT2D eigenvalue weighted by molar-refractivity contribution is -0.131. The molecule has 0 bridgehead atoms. The summed E-state index contributed by atoms with van der Waals surface area (Å²) < 4.78 is 0.124. The molecule has 0 rings (SSSR count). The Morgan fingerprint density at radius 3 is 2.29 bits per heavy atom. The Morgan fingerprint density at radius 1 is 1.86 bits per heavy atom. The molecule has 4 heteroatoms. The average molecular weight is 232 g/mol. The lowest BCUT2D eigenvalue weighted by Crippen LogP contribution is -1.90. The second-order valence-electron chi connectivity index (χ2n) is 0.762. The molecule has 7 heavy (non-hydrogen) atoms. The van der Waals surface area contributed by atoms with Crippen molar-refractivity contribution in [3.05, 3.63) is 9.12 Å². The van der Waals surface area contributed by atoms with Crippen LogP contribution >= 0.6 is 34.2 Å². The number of carbonyl (C=O) groups is 1. The average Bonchev–Trinajstić information content (AvgIpc) is 1.65. The summed E-state index contributed by atoms with van der Waals surface area (Å²) in [5.41, 5.74) is 1.02. The fourth-order valence-electron chi connectivity index (χ4n) is 0.0467. The zero-order chi connectivity index (χ0) is 5.86. The second kappa shape index (κ2) is 3.26. The number of hydrogen-bond acceptors (Lipinski definition) is 1. The molecule has 1 N–H and O–H groups in total. The Balaban J connectivity index is 3.82. The van der Waals surface area contributed by atoms with Gasteiger partial charge in [-0.05, 0) is 22.6 Å². The standard InChI is InChI=1S/C3H2ClIO2/c4-1-2(5)3(6)7/h1H,(H,6,7)/b2-1+. The lowest BCUT2D eigenvalue weighted by Gasteiger charge is -1.80. The van der Waals surface area contributed by atoms with E-state index in [4.69, 9.17) is 16.7 Å². The van der Waals surface area contributed by atoms with Gasteiger partial charge in [0.25, 0.3) is 0 Å². The van der Waals surface area contributed by atoms with Crippen molar-refractivity contribution in [2.75, 3.05) is 0 Å². The van der Waals surface area contributed by atoms with Crippen LogP contribution in [0.3, 0.4) is 0 Å². The van der Waals surface area contributed by atoms with Gasteiger partial charge in [-0.2, -0.15) is 0 Å². The Hall–Kier alpha value is 0.230. The van der Waals surface area contributed by atoms with Crippen LogP contribution in [0.2, 0.25) is 0 Å². The minimum absolute atomic E-state index is 0.124. The number of hydrogen-bond donors (Lipinski definition) is 1. The van der Waals surface area contributed by atoms with Gasteiger partial charge in [-0.15, -0.1) is 0 Å². The molecule has 0 fully saturated rings. The minimum Gasteiger partial charge on any atom is -0.477 e. The molecule has 0 saturated heterocycles. The first kappa shape index (κ1) is 7.23. The van der Waals surface area contributed by atoms with Crippen LogP contribution in [-0.2, 0) is 4.79 Å². The molecule has 0 atom stereocenters. The molecule has 0 aromatic rings. The first-order valence-electron chi connectivity index (χ1n) is 1.37. The summed E-state index contributed by atoms with van der Waals surface area (Å²) >= 11 is 6.62. The quantitative estimate of drug-likeness (QED) is 0.550. The van der Waals surface area contributed by atoms with E-state index in [1.807, 2.05) is 0 Å². The van der Waals surface area contributed by atoms with Crippen molar-refractivity contribution in [2.45, 2.75) is 0 Å². The normalized spacial score (nSPS) is 11.4. The van der Waals surface area contributed by atoms with Crippen LogP contribution in [0.4, 0.5) is 0 Å². The van der Waals surface area contributed by atoms with Gasteiger partial charge in [0.15, 0.2) is 0 Å². The van der Waals surface area contributed by atoms with Crippen molar-refractivity contribution in [1.29, 1.82) is 0 Å². The van der Waals surface area contributed by atoms with E-state index >= 15 is 0 Å². The van der Waals surface area contributed by atoms with Gasteiger partial charge in [0.05, 0.1) is 0 Å². The van der Waals surface area contributed by atoms with Crippen molar-refractivity contribution < 1.29 is 9.90 Å². The van der Waals surface area contributed by atoms with E-state index in [0.29, 0.717) is 0 Å². The summed E-state index contributed by atoms with van der Waals surface area (Å²) in [6.45, 7) is 0. The third-order valence-corrected chi connectivity index (χ3v) is 1.66. The molecule has 40 valence electrons. The molecule has 0 aliphatic carbocycles. The van der Waals surface area contributed by atoms with Crippen LogP contribution in [0.15, 0.2) is 9.12 Å². The Bertz CT molecular complexity index is 110. The molecule has 0 saturated carbocycles. The third kappa shape index (κ3) is 2.87. The number of carboxylic acids is 1. The number of carboxylic acid groups (broad SMARTS) is 1. The predicted octanol–water partition coefficient (Wildman–Crippen LogP) is 1.59. The summed E-state index contributed by atoms with van der Waals surface area (Å²) in [5.74, 6) is -0.990. The highest BCUT2D eigenvalue weighted by molar-refractivity contribution is 14.1. The van der Waals surface area contributed by atoms with Crippen molar-refractivity contribution in [2.24, 2.45) is 0 Å². The van der Waals surface area contributed by atoms with Crippen LogP contribution in [0.25, 0.3) is 0 Å². The summed E-state index contributed by atoms with van der Waals surface area (Å²) in [6.07, 6.45) is 0. The maximum atomic E-state index is 9.77. The molecule has 0 aliphatic rings. The molecule has 2 nitrogen and oxygen atoms in total. The van der Waals surface area contributed by atoms with E-state index in [9.17, 15) is 4.79 Å². The highest BCUT2D eigenvalue weighted by Crippen LogP contribution is 2.05. The summed E-state index contributed by atoms with van der Waals surface area (Å²) in [5, 5.41) is 8.02. The highest BCUT2D eigenvalue weighted by Gasteiger charge is 1.97. The maximum absolute atomic E-state index is 9.77. The van der Waals surface area contributed by atoms with Gasteiger partial charge >= 0.3 is 5.97 Å². The molecule has 0 heterocycles. The van der Waals surface area contributed by atoms with Crippen LogP contribution in [0.1, 0.15) is 0 Å². The van der Waals surface area contributed by atoms with E-state index in [-0.39, 0.29) is 3.58 Å². The van der Waals surface area contributed by atoms with Crippen LogP contribution in [-0.4, -0.2) is 11.1 Å². The molecule has 0 aliphatic heterocycles. The molecule has 0 spiro atoms. The van der Waals surface area contributed by atoms with Crippen LogP contribution in [0.5, 0.6) is 0 Å². The fraction of sp³-hybridized carbons (Fsp3) is 0. The minimum atomic E-state index is -0.990. The van der Waals surface area contributed by atoms with E-state index in [0.717, 1.165) is 5.54 Å². The van der Waals surface area contributed by atoms with Gasteiger partial charge < -0.3 is 5.11 Å². The summed E-state index contributed by atoms with van der Waals surface area (Å²) in [7, 11) is 0. The molecule has 0 amide bonds. The zero-order valence-corrected chi connectivity index (χ0v) is 6.10. The summed E-state index contributed by atoms with van der Waals surface area (Å²) in [6, 6.07) is 0. The van der Waals surface area contributed by atoms with Crippen LogP contribution in [0, 0.1) is 0 Å². The van der Waals surface area contributed by atoms with Crippen molar-refractivity contribution in [3.63, 3.8) is 0 Å². The Kier molecular flexibility index (Phi) is 3.37. The predicted molar refractivity (Wildman–Crippen MR) is 35.6 cm³/mol. The van der Waals surface area contributed by atoms with Gasteiger partial charge in [-0.25, -0.2) is 4.79 Å². The topological polar surface area (TPSA) is 37.3 Å². The zero-order valence-electron chi connectivity index (χ0n) is 3.19. The van der Waals surface area contributed by atoms with E-state index in [1.54, 1.807) is 22.6 Å². The number of aliphatic carboxylic acids is 1. The van der Waals surface area contributed by atoms with Crippen LogP contribution < -0.4 is 0 Å². The smallest absolute Gasteiger partial charge is 0.342 e. The first-order valence-corrected chi connectivity index (χ1v) is 2.89. The van der Waals surface area contributed by atoms with Gasteiger partial charge in [0.2, 0.25) is 0 Å². The Morgan fingerprint density at radius 2 is 2.29 bits per heavy atom. The fourth-order valence-corrected chi connectivity index (χ4v) is 0.140. The Labute approximate surface area is 59.3 Å². The molecule has 0 aromatic carbocycles. The third-order valence-electron chi connectivity index (χ3n) is 0.300. The van der Waals surface area contributed by atoms with Gasteiger partial charge in [-0.3, -0.25) is 0 Å². The number of halogens is 2. The van der Waals surface area contributed by atoms with E-state index in [1.165, 1.54) is 0 Å². The summed E-state index contributed by atoms with van der Waals surface area (Å²) in [4.78, 5) is 9.77. The van der Waals surface area contributed by atoms with Crippen molar-refractivity contribution in [3.8, 4) is 0 Å². The second-order valence-corrected chi connectivity index (χ2v) is 2.14. The molecule has 0 radical (unpaired) electrons. The molecular formula is C3H2ClIO2. The largest absolute Gasteiger partial charge is 0.477 e. The van der Waals surface area contributed by atoms with E-state index in [2.05, 4.69) is 0 Å². The van der Waals surface area contributed by atoms with Gasteiger partial charge in [0, 0.05) is 5.54 Å². The van der Waals surface area contributed by atoms with Crippen molar-refractivity contribution >= 4 is 40.2 Å². The molecule has 0 aromatic heterocycles. The first-order chi connectivity index (χ1) is 3.18. The SMILES string of the molecule is O=C(O)/C(I)=C\Cl.